The summed E-state index contributed by atoms with van der Waals surface area (Å²) in [5.74, 6) is 0. The van der Waals surface area contributed by atoms with Crippen LogP contribution in [0.5, 0.6) is 0 Å². The number of hydrogen-bond acceptors (Lipinski definition) is 3. The van der Waals surface area contributed by atoms with Gasteiger partial charge in [0.1, 0.15) is 11.2 Å². The van der Waals surface area contributed by atoms with E-state index in [1.54, 1.807) is 0 Å². The van der Waals surface area contributed by atoms with E-state index < -0.39 is 0 Å². The Morgan fingerprint density at radius 2 is 0.939 bits per heavy atom. The van der Waals surface area contributed by atoms with Gasteiger partial charge >= 0.3 is 0 Å². The molecule has 2 heterocycles. The summed E-state index contributed by atoms with van der Waals surface area (Å²) >= 11 is 1.86. The number of rotatable bonds is 5. The summed E-state index contributed by atoms with van der Waals surface area (Å²) in [6.45, 7) is 0. The topological polar surface area (TPSA) is 16.4 Å². The lowest BCUT2D eigenvalue weighted by atomic mass is 10.00. The Morgan fingerprint density at radius 1 is 0.347 bits per heavy atom. The van der Waals surface area contributed by atoms with E-state index in [0.717, 1.165) is 39.0 Å². The molecule has 10 aromatic rings. The molecule has 0 radical (unpaired) electrons. The first-order valence-electron chi connectivity index (χ1n) is 16.6. The average molecular weight is 644 g/mol. The van der Waals surface area contributed by atoms with Crippen molar-refractivity contribution in [2.75, 3.05) is 4.90 Å². The molecule has 0 saturated carbocycles. The molecule has 0 unspecified atom stereocenters. The maximum Gasteiger partial charge on any atom is 0.137 e. The zero-order valence-electron chi connectivity index (χ0n) is 26.5. The first-order chi connectivity index (χ1) is 24.2. The molecule has 230 valence electrons. The average Bonchev–Trinajstić information content (AvgIpc) is 3.72. The number of benzene rings is 8. The maximum absolute atomic E-state index is 6.38. The third-order valence-electron chi connectivity index (χ3n) is 9.62. The Morgan fingerprint density at radius 3 is 1.78 bits per heavy atom. The van der Waals surface area contributed by atoms with E-state index in [1.807, 2.05) is 23.5 Å². The predicted octanol–water partition coefficient (Wildman–Crippen LogP) is 13.9. The Hall–Kier alpha value is -6.16. The molecule has 0 N–H and O–H groups in total. The van der Waals surface area contributed by atoms with Gasteiger partial charge in [0.25, 0.3) is 0 Å². The summed E-state index contributed by atoms with van der Waals surface area (Å²) in [6.07, 6.45) is 0. The fourth-order valence-corrected chi connectivity index (χ4v) is 8.37. The first kappa shape index (κ1) is 27.9. The van der Waals surface area contributed by atoms with Gasteiger partial charge in [0.05, 0.1) is 0 Å². The second-order valence-corrected chi connectivity index (χ2v) is 13.7. The summed E-state index contributed by atoms with van der Waals surface area (Å²) in [6, 6.07) is 63.4. The van der Waals surface area contributed by atoms with Crippen molar-refractivity contribution in [3.63, 3.8) is 0 Å². The van der Waals surface area contributed by atoms with Crippen LogP contribution in [0.25, 0.3) is 75.1 Å². The first-order valence-corrected chi connectivity index (χ1v) is 17.4. The van der Waals surface area contributed by atoms with Crippen LogP contribution in [-0.4, -0.2) is 0 Å². The molecular formula is C46H29NOS. The number of anilines is 3. The van der Waals surface area contributed by atoms with Crippen LogP contribution in [0.2, 0.25) is 0 Å². The van der Waals surface area contributed by atoms with Gasteiger partial charge in [-0.05, 0) is 93.7 Å². The third kappa shape index (κ3) is 4.78. The summed E-state index contributed by atoms with van der Waals surface area (Å²) in [5, 5.41) is 7.37. The van der Waals surface area contributed by atoms with Crippen LogP contribution in [0.4, 0.5) is 17.1 Å². The van der Waals surface area contributed by atoms with Crippen molar-refractivity contribution in [2.24, 2.45) is 0 Å². The predicted molar refractivity (Wildman–Crippen MR) is 210 cm³/mol. The lowest BCUT2D eigenvalue weighted by molar-refractivity contribution is 0.669. The van der Waals surface area contributed by atoms with Gasteiger partial charge in [0.2, 0.25) is 0 Å². The summed E-state index contributed by atoms with van der Waals surface area (Å²) in [4.78, 5) is 2.35. The van der Waals surface area contributed by atoms with Gasteiger partial charge in [-0.1, -0.05) is 109 Å². The highest BCUT2D eigenvalue weighted by Gasteiger charge is 2.17. The van der Waals surface area contributed by atoms with E-state index >= 15 is 0 Å². The lowest BCUT2D eigenvalue weighted by Gasteiger charge is -2.26. The largest absolute Gasteiger partial charge is 0.456 e. The highest BCUT2D eigenvalue weighted by molar-refractivity contribution is 7.25. The Balaban J connectivity index is 1.13. The number of hydrogen-bond donors (Lipinski definition) is 0. The number of para-hydroxylation sites is 1. The van der Waals surface area contributed by atoms with Crippen molar-refractivity contribution in [1.82, 2.24) is 0 Å². The van der Waals surface area contributed by atoms with Crippen molar-refractivity contribution in [2.45, 2.75) is 0 Å². The molecule has 10 rings (SSSR count). The highest BCUT2D eigenvalue weighted by atomic mass is 32.1. The van der Waals surface area contributed by atoms with Crippen LogP contribution in [0.3, 0.4) is 0 Å². The molecule has 8 aromatic carbocycles. The van der Waals surface area contributed by atoms with Crippen LogP contribution in [0.15, 0.2) is 180 Å². The molecular weight excluding hydrogens is 615 g/mol. The molecule has 49 heavy (non-hydrogen) atoms. The van der Waals surface area contributed by atoms with Gasteiger partial charge in [0.15, 0.2) is 0 Å². The molecule has 0 aliphatic rings. The minimum Gasteiger partial charge on any atom is -0.456 e. The molecule has 0 aliphatic heterocycles. The third-order valence-corrected chi connectivity index (χ3v) is 10.8. The Kier molecular flexibility index (Phi) is 6.39. The molecule has 3 heteroatoms. The van der Waals surface area contributed by atoms with E-state index in [9.17, 15) is 0 Å². The standard InChI is InChI=1S/C46H29NOS/c1-2-10-31-25-34(20-19-30(31)9-1)32-11-7-13-36(26-32)47(38-22-24-40-39-15-3-5-17-43(39)48-44(40)29-38)37-14-8-12-33(27-37)35-21-23-42-41-16-4-6-18-45(41)49-46(42)28-35/h1-29H. The van der Waals surface area contributed by atoms with E-state index in [2.05, 4.69) is 169 Å². The monoisotopic (exact) mass is 643 g/mol. The molecule has 0 saturated heterocycles. The van der Waals surface area contributed by atoms with E-state index in [0.29, 0.717) is 0 Å². The maximum atomic E-state index is 6.38. The molecule has 0 atom stereocenters. The van der Waals surface area contributed by atoms with Gasteiger partial charge in [-0.3, -0.25) is 0 Å². The van der Waals surface area contributed by atoms with Gasteiger partial charge < -0.3 is 9.32 Å². The van der Waals surface area contributed by atoms with E-state index in [-0.39, 0.29) is 0 Å². The Bertz CT molecular complexity index is 2860. The van der Waals surface area contributed by atoms with Crippen molar-refractivity contribution in [3.05, 3.63) is 176 Å². The fourth-order valence-electron chi connectivity index (χ4n) is 7.22. The zero-order valence-corrected chi connectivity index (χ0v) is 27.3. The number of fused-ring (bicyclic) bond motifs is 7. The number of nitrogens with zero attached hydrogens (tertiary/aromatic N) is 1. The smallest absolute Gasteiger partial charge is 0.137 e. The minimum absolute atomic E-state index is 0.876. The minimum atomic E-state index is 0.876. The van der Waals surface area contributed by atoms with Gasteiger partial charge in [-0.2, -0.15) is 0 Å². The van der Waals surface area contributed by atoms with Gasteiger partial charge in [0, 0.05) is 54.1 Å². The zero-order chi connectivity index (χ0) is 32.3. The summed E-state index contributed by atoms with van der Waals surface area (Å²) < 4.78 is 9.01. The second-order valence-electron chi connectivity index (χ2n) is 12.6. The van der Waals surface area contributed by atoms with Gasteiger partial charge in [-0.15, -0.1) is 11.3 Å². The molecule has 0 fully saturated rings. The number of furan rings is 1. The van der Waals surface area contributed by atoms with E-state index in [1.165, 1.54) is 53.2 Å². The fraction of sp³-hybridized carbons (Fsp3) is 0. The summed E-state index contributed by atoms with van der Waals surface area (Å²) in [5.41, 5.74) is 9.73. The van der Waals surface area contributed by atoms with Crippen LogP contribution < -0.4 is 4.90 Å². The van der Waals surface area contributed by atoms with Crippen LogP contribution in [0.1, 0.15) is 0 Å². The van der Waals surface area contributed by atoms with Crippen molar-refractivity contribution in [1.29, 1.82) is 0 Å². The molecule has 0 bridgehead atoms. The molecule has 0 spiro atoms. The SMILES string of the molecule is c1cc(-c2ccc3ccccc3c2)cc(N(c2cccc(-c3ccc4c(c3)sc3ccccc34)c2)c2ccc3c(c2)oc2ccccc23)c1. The van der Waals surface area contributed by atoms with E-state index in [4.69, 9.17) is 4.42 Å². The molecule has 2 aromatic heterocycles. The summed E-state index contributed by atoms with van der Waals surface area (Å²) in [7, 11) is 0. The number of thiophene rings is 1. The van der Waals surface area contributed by atoms with Crippen LogP contribution in [-0.2, 0) is 0 Å². The van der Waals surface area contributed by atoms with Crippen molar-refractivity contribution < 1.29 is 4.42 Å². The van der Waals surface area contributed by atoms with Crippen LogP contribution in [0, 0.1) is 0 Å². The van der Waals surface area contributed by atoms with Crippen molar-refractivity contribution in [3.8, 4) is 22.3 Å². The molecule has 2 nitrogen and oxygen atoms in total. The van der Waals surface area contributed by atoms with Crippen molar-refractivity contribution >= 4 is 81.3 Å². The van der Waals surface area contributed by atoms with Crippen LogP contribution >= 0.6 is 11.3 Å². The lowest BCUT2D eigenvalue weighted by Crippen LogP contribution is -2.10. The highest BCUT2D eigenvalue weighted by Crippen LogP contribution is 2.42. The second kappa shape index (κ2) is 11.2. The molecule has 0 aliphatic carbocycles. The Labute approximate surface area is 287 Å². The quantitative estimate of drug-likeness (QED) is 0.186. The van der Waals surface area contributed by atoms with Gasteiger partial charge in [-0.25, -0.2) is 0 Å². The normalized spacial score (nSPS) is 11.7. The molecule has 0 amide bonds.